The molecule has 0 spiro atoms. The quantitative estimate of drug-likeness (QED) is 0.565. The Bertz CT molecular complexity index is 1020. The van der Waals surface area contributed by atoms with Crippen LogP contribution in [0.1, 0.15) is 32.3 Å². The average Bonchev–Trinajstić information content (AvgIpc) is 3.04. The number of carbonyl (C=O) groups is 1. The SMILES string of the molecule is CCC(C)NC(=O)CCc1c(-c2ccccc2)nn(C)c1Oc1ccc(F)cc1F. The van der Waals surface area contributed by atoms with Gasteiger partial charge in [-0.05, 0) is 31.9 Å². The van der Waals surface area contributed by atoms with Crippen molar-refractivity contribution in [3.8, 4) is 22.9 Å². The number of nitrogens with zero attached hydrogens (tertiary/aromatic N) is 2. The van der Waals surface area contributed by atoms with E-state index >= 15 is 0 Å². The van der Waals surface area contributed by atoms with Crippen LogP contribution in [-0.4, -0.2) is 21.7 Å². The average molecular weight is 413 g/mol. The van der Waals surface area contributed by atoms with Crippen LogP contribution in [0.3, 0.4) is 0 Å². The number of aromatic nitrogens is 2. The van der Waals surface area contributed by atoms with Crippen LogP contribution in [0.15, 0.2) is 48.5 Å². The molecule has 0 radical (unpaired) electrons. The molecular formula is C23H25F2N3O2. The molecular weight excluding hydrogens is 388 g/mol. The number of halogens is 2. The van der Waals surface area contributed by atoms with Crippen LogP contribution in [0, 0.1) is 11.6 Å². The van der Waals surface area contributed by atoms with E-state index in [1.165, 1.54) is 10.7 Å². The van der Waals surface area contributed by atoms with E-state index in [1.54, 1.807) is 7.05 Å². The lowest BCUT2D eigenvalue weighted by atomic mass is 10.0. The predicted octanol–water partition coefficient (Wildman–Crippen LogP) is 5.00. The van der Waals surface area contributed by atoms with E-state index in [-0.39, 0.29) is 24.1 Å². The van der Waals surface area contributed by atoms with Gasteiger partial charge in [0.25, 0.3) is 0 Å². The van der Waals surface area contributed by atoms with E-state index in [4.69, 9.17) is 4.74 Å². The molecule has 1 aromatic heterocycles. The molecule has 0 aliphatic heterocycles. The highest BCUT2D eigenvalue weighted by Crippen LogP contribution is 2.35. The van der Waals surface area contributed by atoms with Crippen molar-refractivity contribution in [1.82, 2.24) is 15.1 Å². The van der Waals surface area contributed by atoms with Gasteiger partial charge >= 0.3 is 0 Å². The van der Waals surface area contributed by atoms with Gasteiger partial charge in [0.1, 0.15) is 5.82 Å². The van der Waals surface area contributed by atoms with Gasteiger partial charge in [0, 0.05) is 36.7 Å². The fourth-order valence-corrected chi connectivity index (χ4v) is 3.08. The van der Waals surface area contributed by atoms with Crippen molar-refractivity contribution < 1.29 is 18.3 Å². The minimum atomic E-state index is -0.807. The van der Waals surface area contributed by atoms with Crippen molar-refractivity contribution in [3.05, 3.63) is 65.7 Å². The number of aryl methyl sites for hydroxylation is 1. The van der Waals surface area contributed by atoms with Crippen molar-refractivity contribution in [3.63, 3.8) is 0 Å². The van der Waals surface area contributed by atoms with Gasteiger partial charge in [0.05, 0.1) is 5.69 Å². The molecule has 0 saturated heterocycles. The van der Waals surface area contributed by atoms with Gasteiger partial charge in [-0.15, -0.1) is 0 Å². The second-order valence-corrected chi connectivity index (χ2v) is 7.18. The van der Waals surface area contributed by atoms with Gasteiger partial charge in [0.15, 0.2) is 11.6 Å². The standard InChI is InChI=1S/C23H25F2N3O2/c1-4-15(2)26-21(29)13-11-18-22(16-8-6-5-7-9-16)27-28(3)23(18)30-20-12-10-17(24)14-19(20)25/h5-10,12,14-15H,4,11,13H2,1-3H3,(H,26,29). The molecule has 0 aliphatic carbocycles. The molecule has 0 bridgehead atoms. The van der Waals surface area contributed by atoms with Crippen molar-refractivity contribution >= 4 is 5.91 Å². The van der Waals surface area contributed by atoms with Gasteiger partial charge in [-0.1, -0.05) is 37.3 Å². The second-order valence-electron chi connectivity index (χ2n) is 7.18. The van der Waals surface area contributed by atoms with E-state index in [1.807, 2.05) is 44.2 Å². The third kappa shape index (κ3) is 5.03. The summed E-state index contributed by atoms with van der Waals surface area (Å²) in [5.41, 5.74) is 2.21. The smallest absolute Gasteiger partial charge is 0.221 e. The van der Waals surface area contributed by atoms with Crippen LogP contribution in [0.2, 0.25) is 0 Å². The van der Waals surface area contributed by atoms with E-state index in [0.29, 0.717) is 23.6 Å². The summed E-state index contributed by atoms with van der Waals surface area (Å²) >= 11 is 0. The fourth-order valence-electron chi connectivity index (χ4n) is 3.08. The third-order valence-electron chi connectivity index (χ3n) is 4.86. The molecule has 1 heterocycles. The second kappa shape index (κ2) is 9.52. The summed E-state index contributed by atoms with van der Waals surface area (Å²) in [5, 5.41) is 7.48. The molecule has 5 nitrogen and oxygen atoms in total. The van der Waals surface area contributed by atoms with E-state index in [9.17, 15) is 13.6 Å². The van der Waals surface area contributed by atoms with Crippen LogP contribution in [0.5, 0.6) is 11.6 Å². The molecule has 0 aliphatic rings. The Morgan fingerprint density at radius 3 is 2.60 bits per heavy atom. The maximum atomic E-state index is 14.2. The Labute approximate surface area is 174 Å². The molecule has 2 aromatic carbocycles. The number of rotatable bonds is 8. The first kappa shape index (κ1) is 21.5. The topological polar surface area (TPSA) is 56.2 Å². The van der Waals surface area contributed by atoms with Gasteiger partial charge in [0.2, 0.25) is 11.8 Å². The van der Waals surface area contributed by atoms with Crippen molar-refractivity contribution in [2.75, 3.05) is 0 Å². The van der Waals surface area contributed by atoms with E-state index in [2.05, 4.69) is 10.4 Å². The van der Waals surface area contributed by atoms with Crippen molar-refractivity contribution in [2.45, 2.75) is 39.2 Å². The zero-order valence-electron chi connectivity index (χ0n) is 17.3. The highest BCUT2D eigenvalue weighted by Gasteiger charge is 2.22. The molecule has 0 saturated carbocycles. The Hall–Kier alpha value is -3.22. The van der Waals surface area contributed by atoms with Crippen molar-refractivity contribution in [2.24, 2.45) is 7.05 Å². The molecule has 3 aromatic rings. The summed E-state index contributed by atoms with van der Waals surface area (Å²) in [4.78, 5) is 12.3. The van der Waals surface area contributed by atoms with Crippen LogP contribution < -0.4 is 10.1 Å². The first-order valence-corrected chi connectivity index (χ1v) is 9.92. The fraction of sp³-hybridized carbons (Fsp3) is 0.304. The van der Waals surface area contributed by atoms with Gasteiger partial charge in [-0.2, -0.15) is 5.10 Å². The molecule has 1 amide bonds. The Kier molecular flexibility index (Phi) is 6.82. The normalized spacial score (nSPS) is 11.9. The Morgan fingerprint density at radius 1 is 1.20 bits per heavy atom. The Balaban J connectivity index is 1.95. The highest BCUT2D eigenvalue weighted by atomic mass is 19.1. The Morgan fingerprint density at radius 2 is 1.93 bits per heavy atom. The summed E-state index contributed by atoms with van der Waals surface area (Å²) in [6.07, 6.45) is 1.43. The molecule has 158 valence electrons. The number of nitrogens with one attached hydrogen (secondary N) is 1. The molecule has 1 N–H and O–H groups in total. The zero-order chi connectivity index (χ0) is 21.7. The number of hydrogen-bond acceptors (Lipinski definition) is 3. The van der Waals surface area contributed by atoms with E-state index in [0.717, 1.165) is 24.1 Å². The summed E-state index contributed by atoms with van der Waals surface area (Å²) in [6, 6.07) is 12.7. The van der Waals surface area contributed by atoms with E-state index < -0.39 is 11.6 Å². The van der Waals surface area contributed by atoms with Gasteiger partial charge in [-0.3, -0.25) is 4.79 Å². The zero-order valence-corrected chi connectivity index (χ0v) is 17.3. The number of ether oxygens (including phenoxy) is 1. The maximum Gasteiger partial charge on any atom is 0.221 e. The van der Waals surface area contributed by atoms with Crippen molar-refractivity contribution in [1.29, 1.82) is 0 Å². The lowest BCUT2D eigenvalue weighted by Gasteiger charge is -2.12. The lowest BCUT2D eigenvalue weighted by Crippen LogP contribution is -2.32. The van der Waals surface area contributed by atoms with Crippen LogP contribution in [0.4, 0.5) is 8.78 Å². The molecule has 3 rings (SSSR count). The summed E-state index contributed by atoms with van der Waals surface area (Å²) in [5.74, 6) is -1.36. The molecule has 1 atom stereocenters. The molecule has 0 fully saturated rings. The highest BCUT2D eigenvalue weighted by molar-refractivity contribution is 5.77. The summed E-state index contributed by atoms with van der Waals surface area (Å²) < 4.78 is 34.7. The molecule has 7 heteroatoms. The van der Waals surface area contributed by atoms with Crippen LogP contribution in [-0.2, 0) is 18.3 Å². The number of amides is 1. The first-order chi connectivity index (χ1) is 14.4. The number of carbonyl (C=O) groups excluding carboxylic acids is 1. The molecule has 30 heavy (non-hydrogen) atoms. The van der Waals surface area contributed by atoms with Gasteiger partial charge in [-0.25, -0.2) is 13.5 Å². The predicted molar refractivity (Wildman–Crippen MR) is 111 cm³/mol. The largest absolute Gasteiger partial charge is 0.436 e. The third-order valence-corrected chi connectivity index (χ3v) is 4.86. The summed E-state index contributed by atoms with van der Waals surface area (Å²) in [6.45, 7) is 3.95. The van der Waals surface area contributed by atoms with Gasteiger partial charge < -0.3 is 10.1 Å². The monoisotopic (exact) mass is 413 g/mol. The number of benzene rings is 2. The number of hydrogen-bond donors (Lipinski definition) is 1. The first-order valence-electron chi connectivity index (χ1n) is 9.92. The van der Waals surface area contributed by atoms with Crippen LogP contribution >= 0.6 is 0 Å². The molecule has 1 unspecified atom stereocenters. The van der Waals surface area contributed by atoms with Crippen LogP contribution in [0.25, 0.3) is 11.3 Å². The lowest BCUT2D eigenvalue weighted by molar-refractivity contribution is -0.121. The maximum absolute atomic E-state index is 14.2. The summed E-state index contributed by atoms with van der Waals surface area (Å²) in [7, 11) is 1.69. The minimum Gasteiger partial charge on any atom is -0.436 e. The minimum absolute atomic E-state index is 0.0777.